The summed E-state index contributed by atoms with van der Waals surface area (Å²) in [4.78, 5) is 25.3. The van der Waals surface area contributed by atoms with Gasteiger partial charge in [-0.25, -0.2) is 4.39 Å². The maximum Gasteiger partial charge on any atom is 0.223 e. The molecule has 0 bridgehead atoms. The molecule has 7 heteroatoms. The second-order valence-electron chi connectivity index (χ2n) is 4.86. The first-order valence-corrected chi connectivity index (χ1v) is 6.73. The Kier molecular flexibility index (Phi) is 8.67. The second kappa shape index (κ2) is 9.38. The van der Waals surface area contributed by atoms with Crippen molar-refractivity contribution >= 4 is 24.1 Å². The average Bonchev–Trinajstić information content (AvgIpc) is 2.50. The molecule has 5 nitrogen and oxygen atoms in total. The van der Waals surface area contributed by atoms with Crippen LogP contribution in [0.4, 0.5) is 4.39 Å². The van der Waals surface area contributed by atoms with Gasteiger partial charge >= 0.3 is 0 Å². The van der Waals surface area contributed by atoms with Gasteiger partial charge in [0.1, 0.15) is 0 Å². The van der Waals surface area contributed by atoms with E-state index in [0.717, 1.165) is 6.07 Å². The summed E-state index contributed by atoms with van der Waals surface area (Å²) < 4.78 is 18.3. The van der Waals surface area contributed by atoms with Crippen molar-refractivity contribution in [1.82, 2.24) is 4.90 Å². The minimum Gasteiger partial charge on any atom is -0.494 e. The highest BCUT2D eigenvalue weighted by Crippen LogP contribution is 2.19. The Morgan fingerprint density at radius 2 is 2.00 bits per heavy atom. The zero-order valence-corrected chi connectivity index (χ0v) is 13.8. The number of hydrogen-bond acceptors (Lipinski definition) is 4. The van der Waals surface area contributed by atoms with Crippen molar-refractivity contribution in [1.29, 1.82) is 0 Å². The van der Waals surface area contributed by atoms with Crippen LogP contribution in [0, 0.1) is 5.82 Å². The first-order chi connectivity index (χ1) is 9.90. The fourth-order valence-electron chi connectivity index (χ4n) is 1.78. The third-order valence-corrected chi connectivity index (χ3v) is 3.44. The molecule has 1 aromatic carbocycles. The molecule has 2 N–H and O–H groups in total. The summed E-state index contributed by atoms with van der Waals surface area (Å²) in [6, 6.07) is 3.93. The number of methoxy groups -OCH3 is 1. The molecule has 0 aliphatic heterocycles. The number of carbonyl (C=O) groups is 2. The van der Waals surface area contributed by atoms with E-state index in [9.17, 15) is 14.0 Å². The van der Waals surface area contributed by atoms with Crippen LogP contribution in [0.1, 0.15) is 30.1 Å². The van der Waals surface area contributed by atoms with E-state index in [1.54, 1.807) is 7.05 Å². The van der Waals surface area contributed by atoms with Gasteiger partial charge in [-0.3, -0.25) is 9.59 Å². The van der Waals surface area contributed by atoms with Crippen LogP contribution in [0.5, 0.6) is 5.75 Å². The summed E-state index contributed by atoms with van der Waals surface area (Å²) >= 11 is 0. The summed E-state index contributed by atoms with van der Waals surface area (Å²) in [5, 5.41) is 0. The van der Waals surface area contributed by atoms with Crippen LogP contribution >= 0.6 is 12.4 Å². The number of ketones is 1. The third-order valence-electron chi connectivity index (χ3n) is 3.44. The summed E-state index contributed by atoms with van der Waals surface area (Å²) in [5.41, 5.74) is 5.72. The molecule has 0 saturated carbocycles. The second-order valence-corrected chi connectivity index (χ2v) is 4.86. The van der Waals surface area contributed by atoms with Crippen LogP contribution in [-0.2, 0) is 4.79 Å². The van der Waals surface area contributed by atoms with E-state index in [1.165, 1.54) is 24.1 Å². The molecule has 0 radical (unpaired) electrons. The summed E-state index contributed by atoms with van der Waals surface area (Å²) in [5.74, 6) is -0.948. The summed E-state index contributed by atoms with van der Waals surface area (Å²) in [6.07, 6.45) is 0.111. The van der Waals surface area contributed by atoms with Crippen molar-refractivity contribution in [3.8, 4) is 5.75 Å². The van der Waals surface area contributed by atoms with Crippen molar-refractivity contribution < 1.29 is 18.7 Å². The van der Waals surface area contributed by atoms with E-state index in [2.05, 4.69) is 0 Å². The number of ether oxygens (including phenoxy) is 1. The van der Waals surface area contributed by atoms with E-state index in [0.29, 0.717) is 6.54 Å². The van der Waals surface area contributed by atoms with Gasteiger partial charge in [-0.15, -0.1) is 12.4 Å². The van der Waals surface area contributed by atoms with Gasteiger partial charge in [0, 0.05) is 38.0 Å². The maximum absolute atomic E-state index is 13.5. The monoisotopic (exact) mass is 332 g/mol. The smallest absolute Gasteiger partial charge is 0.223 e. The first kappa shape index (κ1) is 20.3. The molecular weight excluding hydrogens is 311 g/mol. The van der Waals surface area contributed by atoms with Crippen molar-refractivity contribution in [3.63, 3.8) is 0 Å². The molecular formula is C15H22ClFN2O3. The van der Waals surface area contributed by atoms with E-state index in [4.69, 9.17) is 10.5 Å². The van der Waals surface area contributed by atoms with E-state index in [1.807, 2.05) is 6.92 Å². The lowest BCUT2D eigenvalue weighted by atomic mass is 10.1. The standard InChI is InChI=1S/C15H21FN2O3.ClH/c1-10(9-17)18(2)15(20)7-5-13(19)11-4-6-14(21-3)12(16)8-11;/h4,6,8,10H,5,7,9,17H2,1-3H3;1H. The Morgan fingerprint density at radius 3 is 2.50 bits per heavy atom. The molecule has 1 unspecified atom stereocenters. The van der Waals surface area contributed by atoms with Crippen molar-refractivity contribution in [2.45, 2.75) is 25.8 Å². The minimum atomic E-state index is -0.594. The molecule has 0 aromatic heterocycles. The van der Waals surface area contributed by atoms with Gasteiger partial charge in [0.2, 0.25) is 5.91 Å². The number of Topliss-reactive ketones (excluding diaryl/α,β-unsaturated/α-hetero) is 1. The Balaban J connectivity index is 0.00000441. The van der Waals surface area contributed by atoms with Gasteiger partial charge < -0.3 is 15.4 Å². The molecule has 0 heterocycles. The number of amides is 1. The van der Waals surface area contributed by atoms with Crippen molar-refractivity contribution in [2.75, 3.05) is 20.7 Å². The maximum atomic E-state index is 13.5. The highest BCUT2D eigenvalue weighted by molar-refractivity contribution is 5.98. The van der Waals surface area contributed by atoms with E-state index in [-0.39, 0.29) is 54.3 Å². The zero-order valence-electron chi connectivity index (χ0n) is 13.0. The van der Waals surface area contributed by atoms with Crippen LogP contribution in [0.15, 0.2) is 18.2 Å². The van der Waals surface area contributed by atoms with E-state index >= 15 is 0 Å². The topological polar surface area (TPSA) is 72.6 Å². The van der Waals surface area contributed by atoms with Crippen LogP contribution < -0.4 is 10.5 Å². The fraction of sp³-hybridized carbons (Fsp3) is 0.467. The number of benzene rings is 1. The molecule has 22 heavy (non-hydrogen) atoms. The van der Waals surface area contributed by atoms with Gasteiger partial charge in [0.25, 0.3) is 0 Å². The molecule has 1 amide bonds. The van der Waals surface area contributed by atoms with Gasteiger partial charge in [-0.1, -0.05) is 0 Å². The lowest BCUT2D eigenvalue weighted by Gasteiger charge is -2.23. The van der Waals surface area contributed by atoms with Crippen molar-refractivity contribution in [3.05, 3.63) is 29.6 Å². The molecule has 1 atom stereocenters. The molecule has 124 valence electrons. The molecule has 0 aliphatic rings. The number of hydrogen-bond donors (Lipinski definition) is 1. The Labute approximate surface area is 136 Å². The largest absolute Gasteiger partial charge is 0.494 e. The lowest BCUT2D eigenvalue weighted by Crippen LogP contribution is -2.39. The Morgan fingerprint density at radius 1 is 1.36 bits per heavy atom. The number of carbonyl (C=O) groups excluding carboxylic acids is 2. The molecule has 1 aromatic rings. The van der Waals surface area contributed by atoms with Gasteiger partial charge in [-0.05, 0) is 25.1 Å². The first-order valence-electron chi connectivity index (χ1n) is 6.73. The van der Waals surface area contributed by atoms with Crippen LogP contribution in [0.25, 0.3) is 0 Å². The summed E-state index contributed by atoms with van der Waals surface area (Å²) in [6.45, 7) is 2.19. The van der Waals surface area contributed by atoms with Crippen LogP contribution in [-0.4, -0.2) is 43.3 Å². The highest BCUT2D eigenvalue weighted by atomic mass is 35.5. The Hall–Kier alpha value is -1.66. The molecule has 1 rings (SSSR count). The predicted molar refractivity (Wildman–Crippen MR) is 85.1 cm³/mol. The molecule has 0 saturated heterocycles. The number of likely N-dealkylation sites (N-methyl/N-ethyl adjacent to an activating group) is 1. The highest BCUT2D eigenvalue weighted by Gasteiger charge is 2.17. The normalized spacial score (nSPS) is 11.3. The number of rotatable bonds is 7. The number of halogens is 2. The quantitative estimate of drug-likeness (QED) is 0.775. The molecule has 0 spiro atoms. The summed E-state index contributed by atoms with van der Waals surface area (Å²) in [7, 11) is 3.00. The van der Waals surface area contributed by atoms with Gasteiger partial charge in [-0.2, -0.15) is 0 Å². The fourth-order valence-corrected chi connectivity index (χ4v) is 1.78. The zero-order chi connectivity index (χ0) is 16.0. The van der Waals surface area contributed by atoms with Crippen molar-refractivity contribution in [2.24, 2.45) is 5.73 Å². The lowest BCUT2D eigenvalue weighted by molar-refractivity contribution is -0.131. The molecule has 0 aliphatic carbocycles. The predicted octanol–water partition coefficient (Wildman–Crippen LogP) is 2.02. The molecule has 0 fully saturated rings. The number of nitrogens with two attached hydrogens (primary N) is 1. The van der Waals surface area contributed by atoms with Gasteiger partial charge in [0.15, 0.2) is 17.3 Å². The average molecular weight is 333 g/mol. The minimum absolute atomic E-state index is 0. The Bertz CT molecular complexity index is 526. The number of nitrogens with zero attached hydrogens (tertiary/aromatic N) is 1. The van der Waals surface area contributed by atoms with Gasteiger partial charge in [0.05, 0.1) is 7.11 Å². The SMILES string of the molecule is COc1ccc(C(=O)CCC(=O)N(C)C(C)CN)cc1F.Cl. The third kappa shape index (κ3) is 5.27. The van der Waals surface area contributed by atoms with Crippen LogP contribution in [0.3, 0.4) is 0 Å². The van der Waals surface area contributed by atoms with Crippen LogP contribution in [0.2, 0.25) is 0 Å². The van der Waals surface area contributed by atoms with E-state index < -0.39 is 5.82 Å².